The lowest BCUT2D eigenvalue weighted by Crippen LogP contribution is -2.24. The normalized spacial score (nSPS) is 12.5. The van der Waals surface area contributed by atoms with E-state index < -0.39 is 0 Å². The summed E-state index contributed by atoms with van der Waals surface area (Å²) in [5, 5.41) is 4.57. The van der Waals surface area contributed by atoms with Gasteiger partial charge in [0.05, 0.1) is 0 Å². The van der Waals surface area contributed by atoms with Gasteiger partial charge in [0.15, 0.2) is 0 Å². The van der Waals surface area contributed by atoms with Crippen LogP contribution in [0, 0.1) is 0 Å². The Hall–Kier alpha value is -2.80. The van der Waals surface area contributed by atoms with E-state index in [2.05, 4.69) is 16.0 Å². The summed E-state index contributed by atoms with van der Waals surface area (Å²) in [6.45, 7) is 2.27. The van der Waals surface area contributed by atoms with Crippen LogP contribution in [0.5, 0.6) is 5.75 Å². The molecule has 0 atom stereocenters. The van der Waals surface area contributed by atoms with E-state index in [-0.39, 0.29) is 30.4 Å². The van der Waals surface area contributed by atoms with Crippen LogP contribution in [0.1, 0.15) is 16.8 Å². The lowest BCUT2D eigenvalue weighted by atomic mass is 10.1. The minimum Gasteiger partial charge on any atom is -0.489 e. The third kappa shape index (κ3) is 4.32. The average molecular weight is 459 g/mol. The number of nitrogens with one attached hydrogen (secondary N) is 1. The quantitative estimate of drug-likeness (QED) is 0.505. The van der Waals surface area contributed by atoms with Gasteiger partial charge >= 0.3 is 0 Å². The number of pyridine rings is 2. The number of hydrogen-bond donors (Lipinski definition) is 1. The highest BCUT2D eigenvalue weighted by molar-refractivity contribution is 5.85. The molecular formula is C23H24Cl2N4O2. The number of hydrogen-bond acceptors (Lipinski definition) is 4. The van der Waals surface area contributed by atoms with Gasteiger partial charge in [-0.15, -0.1) is 24.8 Å². The third-order valence-electron chi connectivity index (χ3n) is 5.48. The standard InChI is InChI=1S/C23H22N4O2.2ClH/c1-26-20-9-11-24-14-19(20)18-7-8-21(25-23(18)26)27-12-10-17(13-22(27)28)29-15-16-5-3-2-4-6-16;;/h2-8,10,12-13,24H,9,11,14-15H2,1H3;2*1H. The van der Waals surface area contributed by atoms with Crippen molar-refractivity contribution < 1.29 is 4.74 Å². The summed E-state index contributed by atoms with van der Waals surface area (Å²) in [5.74, 6) is 1.17. The van der Waals surface area contributed by atoms with E-state index in [1.54, 1.807) is 16.8 Å². The molecule has 4 heterocycles. The Morgan fingerprint density at radius 2 is 1.90 bits per heavy atom. The summed E-state index contributed by atoms with van der Waals surface area (Å²) in [6, 6.07) is 17.2. The number of nitrogens with zero attached hydrogens (tertiary/aromatic N) is 3. The first-order valence-corrected chi connectivity index (χ1v) is 9.78. The Morgan fingerprint density at radius 3 is 2.68 bits per heavy atom. The van der Waals surface area contributed by atoms with E-state index in [0.29, 0.717) is 18.2 Å². The lowest BCUT2D eigenvalue weighted by Gasteiger charge is -2.14. The van der Waals surface area contributed by atoms with Crippen molar-refractivity contribution in [3.63, 3.8) is 0 Å². The molecule has 1 aromatic carbocycles. The van der Waals surface area contributed by atoms with Gasteiger partial charge in [-0.05, 0) is 29.3 Å². The highest BCUT2D eigenvalue weighted by Gasteiger charge is 2.19. The average Bonchev–Trinajstić information content (AvgIpc) is 3.05. The summed E-state index contributed by atoms with van der Waals surface area (Å²) < 4.78 is 9.47. The van der Waals surface area contributed by atoms with E-state index in [1.807, 2.05) is 43.4 Å². The number of halogens is 2. The maximum atomic E-state index is 12.7. The van der Waals surface area contributed by atoms with Gasteiger partial charge in [-0.1, -0.05) is 30.3 Å². The van der Waals surface area contributed by atoms with Crippen molar-refractivity contribution in [3.05, 3.63) is 88.0 Å². The van der Waals surface area contributed by atoms with Crippen LogP contribution >= 0.6 is 24.8 Å². The SMILES string of the molecule is Cl.Cl.Cn1c2c(c3ccc(-n4ccc(OCc5ccccc5)cc4=O)nc31)CNCC2. The number of aryl methyl sites for hydroxylation is 1. The Bertz CT molecular complexity index is 1250. The maximum absolute atomic E-state index is 12.7. The largest absolute Gasteiger partial charge is 0.489 e. The molecule has 162 valence electrons. The molecule has 0 saturated carbocycles. The Labute approximate surface area is 192 Å². The molecule has 0 aliphatic carbocycles. The van der Waals surface area contributed by atoms with Crippen molar-refractivity contribution in [3.8, 4) is 11.6 Å². The van der Waals surface area contributed by atoms with Gasteiger partial charge in [-0.2, -0.15) is 0 Å². The highest BCUT2D eigenvalue weighted by atomic mass is 35.5. The predicted molar refractivity (Wildman–Crippen MR) is 127 cm³/mol. The second-order valence-electron chi connectivity index (χ2n) is 7.30. The third-order valence-corrected chi connectivity index (χ3v) is 5.48. The Kier molecular flexibility index (Phi) is 7.05. The van der Waals surface area contributed by atoms with Crippen molar-refractivity contribution in [2.75, 3.05) is 6.54 Å². The zero-order valence-corrected chi connectivity index (χ0v) is 18.7. The zero-order chi connectivity index (χ0) is 19.8. The molecule has 1 N–H and O–H groups in total. The van der Waals surface area contributed by atoms with Gasteiger partial charge in [0.1, 0.15) is 23.8 Å². The zero-order valence-electron chi connectivity index (χ0n) is 17.1. The molecule has 0 saturated heterocycles. The summed E-state index contributed by atoms with van der Waals surface area (Å²) in [6.07, 6.45) is 2.71. The van der Waals surface area contributed by atoms with Crippen molar-refractivity contribution in [1.82, 2.24) is 19.4 Å². The van der Waals surface area contributed by atoms with E-state index in [4.69, 9.17) is 9.72 Å². The lowest BCUT2D eigenvalue weighted by molar-refractivity contribution is 0.305. The second kappa shape index (κ2) is 9.56. The van der Waals surface area contributed by atoms with Gasteiger partial charge in [-0.25, -0.2) is 4.98 Å². The van der Waals surface area contributed by atoms with Gasteiger partial charge in [0.25, 0.3) is 5.56 Å². The molecule has 0 spiro atoms. The molecule has 8 heteroatoms. The van der Waals surface area contributed by atoms with E-state index >= 15 is 0 Å². The molecular weight excluding hydrogens is 435 g/mol. The van der Waals surface area contributed by atoms with Crippen molar-refractivity contribution >= 4 is 35.8 Å². The number of fused-ring (bicyclic) bond motifs is 3. The topological polar surface area (TPSA) is 61.1 Å². The highest BCUT2D eigenvalue weighted by Crippen LogP contribution is 2.27. The van der Waals surface area contributed by atoms with Gasteiger partial charge in [0.2, 0.25) is 0 Å². The van der Waals surface area contributed by atoms with E-state index in [1.165, 1.54) is 17.3 Å². The van der Waals surface area contributed by atoms with Crippen molar-refractivity contribution in [2.45, 2.75) is 19.6 Å². The van der Waals surface area contributed by atoms with Gasteiger partial charge < -0.3 is 14.6 Å². The minimum absolute atomic E-state index is 0. The fourth-order valence-electron chi connectivity index (χ4n) is 3.97. The van der Waals surface area contributed by atoms with E-state index in [0.717, 1.165) is 36.1 Å². The molecule has 1 aliphatic rings. The first-order valence-electron chi connectivity index (χ1n) is 9.78. The molecule has 0 radical (unpaired) electrons. The predicted octanol–water partition coefficient (Wildman–Crippen LogP) is 3.79. The van der Waals surface area contributed by atoms with E-state index in [9.17, 15) is 4.79 Å². The molecule has 4 aromatic rings. The van der Waals surface area contributed by atoms with Crippen LogP contribution in [0.15, 0.2) is 65.6 Å². The molecule has 6 nitrogen and oxygen atoms in total. The van der Waals surface area contributed by atoms with Crippen LogP contribution in [-0.4, -0.2) is 20.7 Å². The summed E-state index contributed by atoms with van der Waals surface area (Å²) in [7, 11) is 2.05. The summed E-state index contributed by atoms with van der Waals surface area (Å²) in [4.78, 5) is 17.5. The Morgan fingerprint density at radius 1 is 1.10 bits per heavy atom. The monoisotopic (exact) mass is 458 g/mol. The van der Waals surface area contributed by atoms with Crippen molar-refractivity contribution in [2.24, 2.45) is 7.05 Å². The Balaban J connectivity index is 0.00000136. The van der Waals surface area contributed by atoms with Crippen LogP contribution in [-0.2, 0) is 26.6 Å². The summed E-state index contributed by atoms with van der Waals surface area (Å²) >= 11 is 0. The number of ether oxygens (including phenoxy) is 1. The maximum Gasteiger partial charge on any atom is 0.259 e. The van der Waals surface area contributed by atoms with Crippen LogP contribution in [0.25, 0.3) is 16.9 Å². The molecule has 31 heavy (non-hydrogen) atoms. The molecule has 0 fully saturated rings. The molecule has 5 rings (SSSR count). The molecule has 1 aliphatic heterocycles. The smallest absolute Gasteiger partial charge is 0.259 e. The first kappa shape index (κ1) is 22.9. The first-order chi connectivity index (χ1) is 14.2. The molecule has 0 unspecified atom stereocenters. The second-order valence-corrected chi connectivity index (χ2v) is 7.30. The van der Waals surface area contributed by atoms with Crippen LogP contribution in [0.2, 0.25) is 0 Å². The van der Waals surface area contributed by atoms with Gasteiger partial charge in [-0.3, -0.25) is 9.36 Å². The van der Waals surface area contributed by atoms with Crippen LogP contribution in [0.3, 0.4) is 0 Å². The fourth-order valence-corrected chi connectivity index (χ4v) is 3.97. The molecule has 3 aromatic heterocycles. The van der Waals surface area contributed by atoms with Gasteiger partial charge in [0, 0.05) is 49.9 Å². The fraction of sp³-hybridized carbons (Fsp3) is 0.217. The van der Waals surface area contributed by atoms with Crippen molar-refractivity contribution in [1.29, 1.82) is 0 Å². The number of aromatic nitrogens is 3. The molecule has 0 bridgehead atoms. The number of rotatable bonds is 4. The van der Waals surface area contributed by atoms with Crippen LogP contribution < -0.4 is 15.6 Å². The minimum atomic E-state index is -0.164. The number of benzene rings is 1. The van der Waals surface area contributed by atoms with Crippen LogP contribution in [0.4, 0.5) is 0 Å². The molecule has 0 amide bonds. The summed E-state index contributed by atoms with van der Waals surface area (Å²) in [5.41, 5.74) is 4.44.